The van der Waals surface area contributed by atoms with Crippen molar-refractivity contribution in [1.82, 2.24) is 9.88 Å². The standard InChI is InChI=1S/C17H24N2O2/c1-13(2)7-8-18-9-15(21)11-19-10-14(12-20)16-5-3-4-6-17(16)19/h3-6,10,12-13,15,18,21H,7-9,11H2,1-2H3. The molecule has 2 N–H and O–H groups in total. The van der Waals surface area contributed by atoms with Crippen molar-refractivity contribution >= 4 is 17.2 Å². The Morgan fingerprint density at radius 3 is 2.81 bits per heavy atom. The molecule has 1 aromatic heterocycles. The Bertz CT molecular complexity index is 589. The monoisotopic (exact) mass is 288 g/mol. The fraction of sp³-hybridized carbons (Fsp3) is 0.471. The zero-order valence-corrected chi connectivity index (χ0v) is 12.7. The van der Waals surface area contributed by atoms with Crippen LogP contribution in [0.3, 0.4) is 0 Å². The molecule has 0 amide bonds. The summed E-state index contributed by atoms with van der Waals surface area (Å²) in [5.41, 5.74) is 1.66. The van der Waals surface area contributed by atoms with Gasteiger partial charge < -0.3 is 15.0 Å². The molecule has 4 nitrogen and oxygen atoms in total. The second kappa shape index (κ2) is 7.38. The third-order valence-electron chi connectivity index (χ3n) is 3.63. The SMILES string of the molecule is CC(C)CCNCC(O)Cn1cc(C=O)c2ccccc21. The van der Waals surface area contributed by atoms with E-state index in [2.05, 4.69) is 19.2 Å². The average molecular weight is 288 g/mol. The number of hydrogen-bond donors (Lipinski definition) is 2. The van der Waals surface area contributed by atoms with Crippen LogP contribution >= 0.6 is 0 Å². The summed E-state index contributed by atoms with van der Waals surface area (Å²) >= 11 is 0. The van der Waals surface area contributed by atoms with E-state index in [-0.39, 0.29) is 0 Å². The maximum atomic E-state index is 11.1. The van der Waals surface area contributed by atoms with E-state index in [1.807, 2.05) is 35.0 Å². The minimum Gasteiger partial charge on any atom is -0.390 e. The number of carbonyl (C=O) groups is 1. The van der Waals surface area contributed by atoms with Gasteiger partial charge in [-0.15, -0.1) is 0 Å². The van der Waals surface area contributed by atoms with Crippen LogP contribution in [0.2, 0.25) is 0 Å². The van der Waals surface area contributed by atoms with E-state index >= 15 is 0 Å². The van der Waals surface area contributed by atoms with Gasteiger partial charge >= 0.3 is 0 Å². The molecule has 0 spiro atoms. The Morgan fingerprint density at radius 2 is 2.10 bits per heavy atom. The van der Waals surface area contributed by atoms with Crippen molar-refractivity contribution in [2.75, 3.05) is 13.1 Å². The van der Waals surface area contributed by atoms with Crippen LogP contribution in [0.4, 0.5) is 0 Å². The number of aromatic nitrogens is 1. The number of aldehydes is 1. The predicted molar refractivity (Wildman–Crippen MR) is 85.7 cm³/mol. The van der Waals surface area contributed by atoms with Crippen LogP contribution in [0.25, 0.3) is 10.9 Å². The van der Waals surface area contributed by atoms with E-state index in [1.165, 1.54) is 0 Å². The highest BCUT2D eigenvalue weighted by Gasteiger charge is 2.11. The third kappa shape index (κ3) is 4.16. The number of carbonyl (C=O) groups excluding carboxylic acids is 1. The van der Waals surface area contributed by atoms with E-state index in [1.54, 1.807) is 0 Å². The molecule has 4 heteroatoms. The van der Waals surface area contributed by atoms with Crippen molar-refractivity contribution in [3.63, 3.8) is 0 Å². The van der Waals surface area contributed by atoms with Crippen LogP contribution in [0, 0.1) is 5.92 Å². The lowest BCUT2D eigenvalue weighted by Crippen LogP contribution is -2.31. The maximum Gasteiger partial charge on any atom is 0.152 e. The minimum absolute atomic E-state index is 0.465. The molecule has 1 unspecified atom stereocenters. The first-order valence-electron chi connectivity index (χ1n) is 7.53. The molecule has 2 aromatic rings. The smallest absolute Gasteiger partial charge is 0.152 e. The Morgan fingerprint density at radius 1 is 1.33 bits per heavy atom. The van der Waals surface area contributed by atoms with Crippen molar-refractivity contribution in [1.29, 1.82) is 0 Å². The number of nitrogens with one attached hydrogen (secondary N) is 1. The van der Waals surface area contributed by atoms with E-state index in [0.29, 0.717) is 24.6 Å². The first kappa shape index (κ1) is 15.7. The van der Waals surface area contributed by atoms with Gasteiger partial charge in [0.05, 0.1) is 6.10 Å². The summed E-state index contributed by atoms with van der Waals surface area (Å²) in [5, 5.41) is 14.3. The van der Waals surface area contributed by atoms with E-state index < -0.39 is 6.10 Å². The van der Waals surface area contributed by atoms with Gasteiger partial charge in [0.15, 0.2) is 6.29 Å². The normalized spacial score (nSPS) is 13.0. The first-order chi connectivity index (χ1) is 10.1. The number of nitrogens with zero attached hydrogens (tertiary/aromatic N) is 1. The summed E-state index contributed by atoms with van der Waals surface area (Å²) in [7, 11) is 0. The molecule has 21 heavy (non-hydrogen) atoms. The molecular formula is C17H24N2O2. The van der Waals surface area contributed by atoms with Gasteiger partial charge in [0.25, 0.3) is 0 Å². The lowest BCUT2D eigenvalue weighted by Gasteiger charge is -2.14. The highest BCUT2D eigenvalue weighted by Crippen LogP contribution is 2.20. The maximum absolute atomic E-state index is 11.1. The van der Waals surface area contributed by atoms with Gasteiger partial charge in [-0.25, -0.2) is 0 Å². The van der Waals surface area contributed by atoms with E-state index in [9.17, 15) is 9.90 Å². The van der Waals surface area contributed by atoms with E-state index in [0.717, 1.165) is 30.2 Å². The van der Waals surface area contributed by atoms with Gasteiger partial charge in [-0.3, -0.25) is 4.79 Å². The summed E-state index contributed by atoms with van der Waals surface area (Å²) in [6.45, 7) is 6.34. The molecule has 0 aliphatic carbocycles. The largest absolute Gasteiger partial charge is 0.390 e. The number of fused-ring (bicyclic) bond motifs is 1. The molecule has 0 saturated carbocycles. The van der Waals surface area contributed by atoms with Crippen molar-refractivity contribution in [2.24, 2.45) is 5.92 Å². The number of aliphatic hydroxyl groups is 1. The number of rotatable bonds is 8. The molecule has 1 aromatic carbocycles. The minimum atomic E-state index is -0.465. The molecule has 0 radical (unpaired) electrons. The lowest BCUT2D eigenvalue weighted by atomic mass is 10.1. The molecule has 1 atom stereocenters. The quantitative estimate of drug-likeness (QED) is 0.579. The molecule has 0 saturated heterocycles. The van der Waals surface area contributed by atoms with Crippen molar-refractivity contribution in [3.05, 3.63) is 36.0 Å². The Hall–Kier alpha value is -1.65. The third-order valence-corrected chi connectivity index (χ3v) is 3.63. The number of hydrogen-bond acceptors (Lipinski definition) is 3. The van der Waals surface area contributed by atoms with Gasteiger partial charge in [-0.2, -0.15) is 0 Å². The number of aliphatic hydroxyl groups excluding tert-OH is 1. The zero-order chi connectivity index (χ0) is 15.2. The molecular weight excluding hydrogens is 264 g/mol. The highest BCUT2D eigenvalue weighted by atomic mass is 16.3. The number of benzene rings is 1. The topological polar surface area (TPSA) is 54.3 Å². The second-order valence-corrected chi connectivity index (χ2v) is 5.91. The Kier molecular flexibility index (Phi) is 5.53. The van der Waals surface area contributed by atoms with E-state index in [4.69, 9.17) is 0 Å². The molecule has 1 heterocycles. The van der Waals surface area contributed by atoms with Gasteiger partial charge in [-0.1, -0.05) is 32.0 Å². The van der Waals surface area contributed by atoms with Crippen molar-refractivity contribution < 1.29 is 9.90 Å². The fourth-order valence-corrected chi connectivity index (χ4v) is 2.47. The average Bonchev–Trinajstić information content (AvgIpc) is 2.82. The molecule has 0 aliphatic heterocycles. The fourth-order valence-electron chi connectivity index (χ4n) is 2.47. The van der Waals surface area contributed by atoms with Crippen molar-refractivity contribution in [3.8, 4) is 0 Å². The van der Waals surface area contributed by atoms with Crippen LogP contribution in [0.15, 0.2) is 30.5 Å². The van der Waals surface area contributed by atoms with Crippen LogP contribution in [0.5, 0.6) is 0 Å². The summed E-state index contributed by atoms with van der Waals surface area (Å²) in [5.74, 6) is 0.665. The molecule has 114 valence electrons. The second-order valence-electron chi connectivity index (χ2n) is 5.91. The highest BCUT2D eigenvalue weighted by molar-refractivity contribution is 5.97. The zero-order valence-electron chi connectivity index (χ0n) is 12.7. The summed E-state index contributed by atoms with van der Waals surface area (Å²) < 4.78 is 1.95. The van der Waals surface area contributed by atoms with Gasteiger partial charge in [0.2, 0.25) is 0 Å². The Labute approximate surface area is 125 Å². The van der Waals surface area contributed by atoms with Gasteiger partial charge in [-0.05, 0) is 24.9 Å². The molecule has 0 aliphatic rings. The van der Waals surface area contributed by atoms with Gasteiger partial charge in [0, 0.05) is 35.8 Å². The Balaban J connectivity index is 1.98. The first-order valence-corrected chi connectivity index (χ1v) is 7.53. The van der Waals surface area contributed by atoms with Crippen LogP contribution < -0.4 is 5.32 Å². The summed E-state index contributed by atoms with van der Waals surface area (Å²) in [6.07, 6.45) is 3.32. The van der Waals surface area contributed by atoms with Crippen LogP contribution in [0.1, 0.15) is 30.6 Å². The molecule has 2 rings (SSSR count). The lowest BCUT2D eigenvalue weighted by molar-refractivity contribution is 0.112. The number of para-hydroxylation sites is 1. The summed E-state index contributed by atoms with van der Waals surface area (Å²) in [4.78, 5) is 11.1. The van der Waals surface area contributed by atoms with Crippen LogP contribution in [-0.4, -0.2) is 35.2 Å². The molecule has 0 fully saturated rings. The van der Waals surface area contributed by atoms with Gasteiger partial charge in [0.1, 0.15) is 0 Å². The van der Waals surface area contributed by atoms with Crippen molar-refractivity contribution in [2.45, 2.75) is 32.9 Å². The predicted octanol–water partition coefficient (Wildman–Crippen LogP) is 2.45. The molecule has 0 bridgehead atoms. The van der Waals surface area contributed by atoms with Crippen LogP contribution in [-0.2, 0) is 6.54 Å². The summed E-state index contributed by atoms with van der Waals surface area (Å²) in [6, 6.07) is 7.77.